The minimum absolute atomic E-state index is 0.0229. The zero-order valence-electron chi connectivity index (χ0n) is 37.7. The Morgan fingerprint density at radius 1 is 0.609 bits per heavy atom. The number of pyridine rings is 1. The Morgan fingerprint density at radius 3 is 1.58 bits per heavy atom. The number of aromatic nitrogens is 5. The molecule has 23 heteroatoms. The van der Waals surface area contributed by atoms with Gasteiger partial charge >= 0.3 is 17.9 Å². The molecule has 2 aromatic rings. The molecule has 1 aliphatic rings. The number of carboxylic acids is 3. The van der Waals surface area contributed by atoms with Crippen LogP contribution in [0.2, 0.25) is 0 Å². The Hall–Kier alpha value is -5.33. The maximum atomic E-state index is 13.1. The summed E-state index contributed by atoms with van der Waals surface area (Å²) < 4.78 is 12.2. The van der Waals surface area contributed by atoms with Gasteiger partial charge in [-0.15, -0.1) is 20.4 Å². The second kappa shape index (κ2) is 27.1. The minimum atomic E-state index is -1.03. The van der Waals surface area contributed by atoms with Crippen LogP contribution < -0.4 is 16.0 Å². The molecule has 0 bridgehead atoms. The van der Waals surface area contributed by atoms with Gasteiger partial charge in [0.15, 0.2) is 5.82 Å². The maximum absolute atomic E-state index is 13.1. The van der Waals surface area contributed by atoms with Crippen LogP contribution in [0.5, 0.6) is 0 Å². The topological polar surface area (TPSA) is 295 Å². The van der Waals surface area contributed by atoms with Gasteiger partial charge in [-0.1, -0.05) is 0 Å². The van der Waals surface area contributed by atoms with Gasteiger partial charge in [-0.3, -0.25) is 53.4 Å². The molecule has 3 amide bonds. The monoisotopic (exact) mass is 902 g/mol. The van der Waals surface area contributed by atoms with Gasteiger partial charge in [-0.2, -0.15) is 0 Å². The minimum Gasteiger partial charge on any atom is -0.480 e. The van der Waals surface area contributed by atoms with E-state index in [1.807, 2.05) is 32.6 Å². The molecular weight excluding hydrogens is 837 g/mol. The molecule has 0 aromatic carbocycles. The average molecular weight is 903 g/mol. The van der Waals surface area contributed by atoms with Crippen LogP contribution in [0.15, 0.2) is 18.3 Å². The van der Waals surface area contributed by atoms with E-state index < -0.39 is 29.1 Å². The fourth-order valence-corrected chi connectivity index (χ4v) is 6.49. The summed E-state index contributed by atoms with van der Waals surface area (Å²) >= 11 is 0. The van der Waals surface area contributed by atoms with Crippen LogP contribution in [0.3, 0.4) is 0 Å². The summed E-state index contributed by atoms with van der Waals surface area (Å²) in [4.78, 5) is 83.6. The first-order chi connectivity index (χ1) is 30.3. The maximum Gasteiger partial charge on any atom is 0.317 e. The van der Waals surface area contributed by atoms with Crippen LogP contribution >= 0.6 is 0 Å². The van der Waals surface area contributed by atoms with E-state index in [1.165, 1.54) is 6.20 Å². The van der Waals surface area contributed by atoms with Crippen LogP contribution in [0.25, 0.3) is 11.5 Å². The molecule has 0 spiro atoms. The number of aryl methyl sites for hydroxylation is 1. The third kappa shape index (κ3) is 22.9. The lowest BCUT2D eigenvalue weighted by Crippen LogP contribution is -2.50. The van der Waals surface area contributed by atoms with Gasteiger partial charge in [-0.25, -0.2) is 0 Å². The summed E-state index contributed by atoms with van der Waals surface area (Å²) in [7, 11) is 0. The Morgan fingerprint density at radius 2 is 1.08 bits per heavy atom. The van der Waals surface area contributed by atoms with Crippen molar-refractivity contribution in [2.75, 3.05) is 110 Å². The summed E-state index contributed by atoms with van der Waals surface area (Å²) in [5.74, 6) is -3.01. The Labute approximate surface area is 373 Å². The molecule has 1 aliphatic heterocycles. The van der Waals surface area contributed by atoms with Crippen molar-refractivity contribution in [2.24, 2.45) is 0 Å². The van der Waals surface area contributed by atoms with E-state index in [9.17, 15) is 44.1 Å². The average Bonchev–Trinajstić information content (AvgIpc) is 3.20. The van der Waals surface area contributed by atoms with Gasteiger partial charge in [0.1, 0.15) is 5.69 Å². The van der Waals surface area contributed by atoms with Crippen molar-refractivity contribution in [3.05, 3.63) is 24.2 Å². The van der Waals surface area contributed by atoms with E-state index in [4.69, 9.17) is 9.47 Å². The number of hydrogen-bond acceptors (Lipinski definition) is 17. The van der Waals surface area contributed by atoms with Crippen LogP contribution in [-0.4, -0.2) is 212 Å². The number of amides is 3. The number of rotatable bonds is 25. The Bertz CT molecular complexity index is 1770. The van der Waals surface area contributed by atoms with Crippen molar-refractivity contribution >= 4 is 41.3 Å². The molecule has 64 heavy (non-hydrogen) atoms. The normalized spacial score (nSPS) is 15.4. The molecule has 1 saturated heterocycles. The second-order valence-corrected chi connectivity index (χ2v) is 16.8. The van der Waals surface area contributed by atoms with Crippen molar-refractivity contribution in [1.82, 2.24) is 55.6 Å². The summed E-state index contributed by atoms with van der Waals surface area (Å²) in [5.41, 5.74) is -0.143. The molecule has 2 aromatic heterocycles. The van der Waals surface area contributed by atoms with E-state index >= 15 is 0 Å². The summed E-state index contributed by atoms with van der Waals surface area (Å²) in [6.45, 7) is 12.5. The first kappa shape index (κ1) is 53.0. The van der Waals surface area contributed by atoms with Crippen LogP contribution in [0.4, 0.5) is 5.69 Å². The number of hydrogen-bond donors (Lipinski definition) is 6. The number of nitrogens with one attached hydrogen (secondary N) is 3. The summed E-state index contributed by atoms with van der Waals surface area (Å²) in [5, 5.41) is 52.4. The molecule has 356 valence electrons. The molecule has 3 heterocycles. The van der Waals surface area contributed by atoms with Gasteiger partial charge in [0.05, 0.1) is 62.5 Å². The van der Waals surface area contributed by atoms with Crippen molar-refractivity contribution in [2.45, 2.75) is 77.9 Å². The highest BCUT2D eigenvalue weighted by molar-refractivity contribution is 5.91. The van der Waals surface area contributed by atoms with Crippen molar-refractivity contribution in [3.63, 3.8) is 0 Å². The number of carbonyl (C=O) groups is 6. The number of aliphatic carboxylic acids is 3. The molecule has 0 atom stereocenters. The standard InChI is InChI=1S/C41H66N12O11/c1-30-46-48-39(49-47-30)32-10-9-31(25-44-32)45-34(55)8-6-7-33(54)43-14-24-64-41(4,5)12-23-63-40(2,3)11-13-42-35(56)26-50-15-17-51(27-36(57)58)19-21-53(29-38(61)62)22-20-52(18-16-50)28-37(59)60/h9-10,25H,6-8,11-24,26-29H2,1-5H3,(H,42,56)(H,43,54)(H,45,55)(H,57,58)(H,59,60)(H,61,62). The lowest BCUT2D eigenvalue weighted by atomic mass is 10.0. The molecular formula is C41H66N12O11. The van der Waals surface area contributed by atoms with Crippen LogP contribution in [0.1, 0.15) is 65.6 Å². The molecule has 0 aliphatic carbocycles. The van der Waals surface area contributed by atoms with Crippen LogP contribution in [0, 0.1) is 6.92 Å². The zero-order valence-corrected chi connectivity index (χ0v) is 37.7. The molecule has 0 unspecified atom stereocenters. The fourth-order valence-electron chi connectivity index (χ4n) is 6.49. The van der Waals surface area contributed by atoms with Crippen molar-refractivity contribution in [3.8, 4) is 11.5 Å². The molecule has 1 fully saturated rings. The Balaban J connectivity index is 1.32. The first-order valence-corrected chi connectivity index (χ1v) is 21.4. The van der Waals surface area contributed by atoms with Gasteiger partial charge < -0.3 is 40.7 Å². The third-order valence-electron chi connectivity index (χ3n) is 10.2. The summed E-state index contributed by atoms with van der Waals surface area (Å²) in [6.07, 6.45) is 3.27. The van der Waals surface area contributed by atoms with Gasteiger partial charge in [0, 0.05) is 78.3 Å². The molecule has 23 nitrogen and oxygen atoms in total. The molecule has 6 N–H and O–H groups in total. The first-order valence-electron chi connectivity index (χ1n) is 21.4. The number of ether oxygens (including phenoxy) is 2. The molecule has 0 saturated carbocycles. The van der Waals surface area contributed by atoms with Crippen LogP contribution in [-0.2, 0) is 38.2 Å². The van der Waals surface area contributed by atoms with Crippen molar-refractivity contribution < 1.29 is 53.6 Å². The third-order valence-corrected chi connectivity index (χ3v) is 10.2. The summed E-state index contributed by atoms with van der Waals surface area (Å²) in [6, 6.07) is 3.33. The second-order valence-electron chi connectivity index (χ2n) is 16.8. The smallest absolute Gasteiger partial charge is 0.317 e. The zero-order chi connectivity index (χ0) is 47.1. The number of anilines is 1. The number of nitrogens with zero attached hydrogens (tertiary/aromatic N) is 9. The van der Waals surface area contributed by atoms with Gasteiger partial charge in [0.2, 0.25) is 23.5 Å². The predicted molar refractivity (Wildman–Crippen MR) is 232 cm³/mol. The lowest BCUT2D eigenvalue weighted by Gasteiger charge is -2.33. The van der Waals surface area contributed by atoms with Gasteiger partial charge in [-0.05, 0) is 66.0 Å². The fraction of sp³-hybridized carbons (Fsp3) is 0.683. The largest absolute Gasteiger partial charge is 0.480 e. The molecule has 3 rings (SSSR count). The highest BCUT2D eigenvalue weighted by atomic mass is 16.5. The quantitative estimate of drug-likeness (QED) is 0.0705. The van der Waals surface area contributed by atoms with Crippen molar-refractivity contribution in [1.29, 1.82) is 0 Å². The molecule has 0 radical (unpaired) electrons. The van der Waals surface area contributed by atoms with E-state index in [2.05, 4.69) is 41.3 Å². The SMILES string of the molecule is Cc1nnc(-c2ccc(NC(=O)CCCC(=O)NCCOC(C)(C)CCOC(C)(C)CCNC(=O)CN3CCN(CC(=O)O)CCN(CC(=O)O)CCN(CC(=O)O)CC3)cn2)nn1. The van der Waals surface area contributed by atoms with E-state index in [-0.39, 0.29) is 82.3 Å². The Kier molecular flexibility index (Phi) is 22.4. The van der Waals surface area contributed by atoms with E-state index in [0.29, 0.717) is 95.4 Å². The number of carbonyl (C=O) groups excluding carboxylic acids is 3. The van der Waals surface area contributed by atoms with E-state index in [0.717, 1.165) is 0 Å². The predicted octanol–water partition coefficient (Wildman–Crippen LogP) is -0.176. The highest BCUT2D eigenvalue weighted by Crippen LogP contribution is 2.19. The highest BCUT2D eigenvalue weighted by Gasteiger charge is 2.25. The van der Waals surface area contributed by atoms with Gasteiger partial charge in [0.25, 0.3) is 0 Å². The lowest BCUT2D eigenvalue weighted by molar-refractivity contribution is -0.140. The number of carboxylic acid groups (broad SMARTS) is 3. The van der Waals surface area contributed by atoms with E-state index in [1.54, 1.807) is 33.8 Å².